The van der Waals surface area contributed by atoms with Crippen LogP contribution < -0.4 is 15.0 Å². The SMILES string of the molecule is CC1CN([C@H]2COc3cccc(-[n+]4cnc5[nH]c(C(F)(F)F)cc5c4N)c3C([Si])C2)C[C@H]2COC[C@@H]12. The molecule has 2 fully saturated rings. The van der Waals surface area contributed by atoms with E-state index in [-0.39, 0.29) is 28.4 Å². The summed E-state index contributed by atoms with van der Waals surface area (Å²) < 4.78 is 53.5. The van der Waals surface area contributed by atoms with Crippen LogP contribution in [0.3, 0.4) is 0 Å². The number of H-pyrrole nitrogens is 1. The Morgan fingerprint density at radius 2 is 2.06 bits per heavy atom. The molecular formula is C25H28F3N5O2Si+. The number of piperidine rings is 1. The van der Waals surface area contributed by atoms with Crippen LogP contribution in [0.15, 0.2) is 30.6 Å². The van der Waals surface area contributed by atoms with Gasteiger partial charge in [0.05, 0.1) is 13.2 Å². The first-order valence-electron chi connectivity index (χ1n) is 12.3. The first-order chi connectivity index (χ1) is 17.2. The van der Waals surface area contributed by atoms with E-state index in [1.54, 1.807) is 4.57 Å². The Balaban J connectivity index is 1.33. The predicted octanol–water partition coefficient (Wildman–Crippen LogP) is 3.02. The van der Waals surface area contributed by atoms with E-state index in [1.807, 2.05) is 18.2 Å². The van der Waals surface area contributed by atoms with Crippen LogP contribution in [-0.2, 0) is 10.9 Å². The molecule has 0 spiro atoms. The predicted molar refractivity (Wildman–Crippen MR) is 128 cm³/mol. The third-order valence-corrected chi connectivity index (χ3v) is 8.54. The number of nitrogens with two attached hydrogens (primary N) is 1. The Kier molecular flexibility index (Phi) is 5.76. The minimum Gasteiger partial charge on any atom is -0.492 e. The van der Waals surface area contributed by atoms with Gasteiger partial charge in [-0.2, -0.15) is 13.2 Å². The van der Waals surface area contributed by atoms with Crippen LogP contribution in [0.1, 0.15) is 30.1 Å². The second-order valence-corrected chi connectivity index (χ2v) is 11.0. The van der Waals surface area contributed by atoms with E-state index in [1.165, 1.54) is 6.33 Å². The third kappa shape index (κ3) is 3.97. The highest BCUT2D eigenvalue weighted by Crippen LogP contribution is 2.39. The van der Waals surface area contributed by atoms with Crippen molar-refractivity contribution < 1.29 is 27.2 Å². The summed E-state index contributed by atoms with van der Waals surface area (Å²) in [4.78, 5) is 9.08. The van der Waals surface area contributed by atoms with Gasteiger partial charge in [0, 0.05) is 40.9 Å². The van der Waals surface area contributed by atoms with Gasteiger partial charge < -0.3 is 20.2 Å². The lowest BCUT2D eigenvalue weighted by molar-refractivity contribution is -0.582. The number of ether oxygens (including phenoxy) is 2. The van der Waals surface area contributed by atoms with Crippen molar-refractivity contribution in [3.05, 3.63) is 41.9 Å². The molecule has 2 saturated heterocycles. The number of hydrogen-bond donors (Lipinski definition) is 2. The van der Waals surface area contributed by atoms with Crippen molar-refractivity contribution in [2.24, 2.45) is 17.8 Å². The molecule has 0 saturated carbocycles. The van der Waals surface area contributed by atoms with Gasteiger partial charge >= 0.3 is 6.18 Å². The van der Waals surface area contributed by atoms with Gasteiger partial charge in [-0.25, -0.2) is 4.57 Å². The molecule has 3 radical (unpaired) electrons. The van der Waals surface area contributed by atoms with E-state index in [0.717, 1.165) is 55.8 Å². The molecule has 6 rings (SSSR count). The lowest BCUT2D eigenvalue weighted by Gasteiger charge is -2.42. The fourth-order valence-corrected chi connectivity index (χ4v) is 6.68. The maximum atomic E-state index is 13.2. The van der Waals surface area contributed by atoms with Crippen LogP contribution in [0.2, 0.25) is 0 Å². The highest BCUT2D eigenvalue weighted by Gasteiger charge is 2.42. The second-order valence-electron chi connectivity index (χ2n) is 10.3. The van der Waals surface area contributed by atoms with Gasteiger partial charge in [0.1, 0.15) is 29.1 Å². The van der Waals surface area contributed by atoms with Crippen molar-refractivity contribution in [2.45, 2.75) is 31.1 Å². The number of rotatable bonds is 2. The molecule has 3 aliphatic rings. The number of anilines is 1. The summed E-state index contributed by atoms with van der Waals surface area (Å²) in [6.45, 7) is 6.56. The average molecular weight is 516 g/mol. The van der Waals surface area contributed by atoms with E-state index >= 15 is 0 Å². The topological polar surface area (TPSA) is 80.3 Å². The summed E-state index contributed by atoms with van der Waals surface area (Å²) in [6, 6.07) is 6.91. The Morgan fingerprint density at radius 1 is 1.22 bits per heavy atom. The van der Waals surface area contributed by atoms with Crippen LogP contribution in [0.5, 0.6) is 5.75 Å². The Bertz CT molecular complexity index is 1300. The van der Waals surface area contributed by atoms with Gasteiger partial charge in [0.15, 0.2) is 0 Å². The van der Waals surface area contributed by atoms with Gasteiger partial charge in [0.25, 0.3) is 0 Å². The number of hydrogen-bond acceptors (Lipinski definition) is 5. The number of alkyl halides is 3. The molecule has 0 aliphatic carbocycles. The smallest absolute Gasteiger partial charge is 0.431 e. The Hall–Kier alpha value is -2.63. The second kappa shape index (κ2) is 8.74. The number of aromatic amines is 1. The molecule has 7 nitrogen and oxygen atoms in total. The summed E-state index contributed by atoms with van der Waals surface area (Å²) in [7, 11) is 3.97. The Labute approximate surface area is 210 Å². The number of fused-ring (bicyclic) bond motifs is 3. The highest BCUT2D eigenvalue weighted by molar-refractivity contribution is 6.13. The van der Waals surface area contributed by atoms with E-state index in [4.69, 9.17) is 15.2 Å². The first kappa shape index (κ1) is 23.7. The summed E-state index contributed by atoms with van der Waals surface area (Å²) in [5, 5.41) is 0.219. The number of likely N-dealkylation sites (tertiary alicyclic amines) is 1. The van der Waals surface area contributed by atoms with Crippen LogP contribution in [0.25, 0.3) is 16.7 Å². The standard InChI is InChI=1S/C25H27F3N5O2Si/c1-13-7-32(8-14-9-34-11-17(13)14)15-5-20(36)22-18(3-2-4-19(22)35-10-15)33-12-30-24-16(23(33)29)6-21(31-24)25(26,27)28/h2-4,6,12-15,17,20H,5,7-11H2,1H3,(H2,29,31)/p+1/t13?,14-,15+,17-,20?/m0/s1. The molecule has 2 unspecified atom stereocenters. The minimum atomic E-state index is -4.51. The molecule has 189 valence electrons. The molecule has 36 heavy (non-hydrogen) atoms. The van der Waals surface area contributed by atoms with Crippen LogP contribution >= 0.6 is 0 Å². The molecule has 5 atom stereocenters. The largest absolute Gasteiger partial charge is 0.492 e. The number of nitrogens with zero attached hydrogens (tertiary/aromatic N) is 3. The Morgan fingerprint density at radius 3 is 2.86 bits per heavy atom. The molecule has 0 bridgehead atoms. The van der Waals surface area contributed by atoms with Crippen LogP contribution in [-0.4, -0.2) is 64.1 Å². The zero-order chi connectivity index (χ0) is 25.2. The van der Waals surface area contributed by atoms with E-state index in [9.17, 15) is 13.2 Å². The lowest BCUT2D eigenvalue weighted by Crippen LogP contribution is -2.51. The maximum Gasteiger partial charge on any atom is 0.431 e. The summed E-state index contributed by atoms with van der Waals surface area (Å²) >= 11 is 0. The number of halogens is 3. The van der Waals surface area contributed by atoms with Crippen LogP contribution in [0, 0.1) is 17.8 Å². The summed E-state index contributed by atoms with van der Waals surface area (Å²) in [5.74, 6) is 2.66. The van der Waals surface area contributed by atoms with Crippen molar-refractivity contribution in [3.63, 3.8) is 0 Å². The van der Waals surface area contributed by atoms with E-state index < -0.39 is 11.9 Å². The van der Waals surface area contributed by atoms with Crippen LogP contribution in [0.4, 0.5) is 19.0 Å². The molecule has 5 heterocycles. The summed E-state index contributed by atoms with van der Waals surface area (Å²) in [6.07, 6.45) is -2.23. The fraction of sp³-hybridized carbons (Fsp3) is 0.520. The van der Waals surface area contributed by atoms with Gasteiger partial charge in [-0.3, -0.25) is 4.90 Å². The van der Waals surface area contributed by atoms with Crippen molar-refractivity contribution in [3.8, 4) is 11.4 Å². The molecule has 1 aromatic carbocycles. The molecule has 0 amide bonds. The zero-order valence-corrected chi connectivity index (χ0v) is 20.9. The van der Waals surface area contributed by atoms with Crippen molar-refractivity contribution in [2.75, 3.05) is 38.6 Å². The van der Waals surface area contributed by atoms with E-state index in [2.05, 4.69) is 32.0 Å². The minimum absolute atomic E-state index is 0.0453. The number of aromatic nitrogens is 3. The fourth-order valence-electron chi connectivity index (χ4n) is 6.12. The highest BCUT2D eigenvalue weighted by atomic mass is 28.1. The maximum absolute atomic E-state index is 13.2. The molecular weight excluding hydrogens is 487 g/mol. The van der Waals surface area contributed by atoms with E-state index in [0.29, 0.717) is 24.4 Å². The number of nitrogens with one attached hydrogen (secondary N) is 1. The first-order valence-corrected chi connectivity index (χ1v) is 12.8. The quantitative estimate of drug-likeness (QED) is 0.405. The van der Waals surface area contributed by atoms with Gasteiger partial charge in [-0.05, 0) is 42.0 Å². The number of nitrogen functional groups attached to an aromatic ring is 1. The molecule has 2 aromatic heterocycles. The molecule has 3 aromatic rings. The van der Waals surface area contributed by atoms with Gasteiger partial charge in [-0.15, -0.1) is 0 Å². The monoisotopic (exact) mass is 515 g/mol. The lowest BCUT2D eigenvalue weighted by atomic mass is 9.80. The van der Waals surface area contributed by atoms with Crippen molar-refractivity contribution in [1.82, 2.24) is 14.9 Å². The summed E-state index contributed by atoms with van der Waals surface area (Å²) in [5.41, 5.74) is 7.20. The normalized spacial score (nSPS) is 29.0. The average Bonchev–Trinajstić information content (AvgIpc) is 3.46. The van der Waals surface area contributed by atoms with Gasteiger partial charge in [0.2, 0.25) is 17.8 Å². The number of benzene rings is 1. The molecule has 11 heteroatoms. The van der Waals surface area contributed by atoms with Gasteiger partial charge in [-0.1, -0.05) is 18.0 Å². The third-order valence-electron chi connectivity index (χ3n) is 8.02. The molecule has 3 aliphatic heterocycles. The van der Waals surface area contributed by atoms with Crippen molar-refractivity contribution >= 4 is 27.1 Å². The zero-order valence-electron chi connectivity index (χ0n) is 19.9. The van der Waals surface area contributed by atoms with Crippen molar-refractivity contribution in [1.29, 1.82) is 0 Å². The molecule has 3 N–H and O–H groups in total.